The molecule has 22 heavy (non-hydrogen) atoms. The van der Waals surface area contributed by atoms with Gasteiger partial charge in [-0.1, -0.05) is 18.2 Å². The molecule has 1 heterocycles. The summed E-state index contributed by atoms with van der Waals surface area (Å²) in [4.78, 5) is 12.5. The van der Waals surface area contributed by atoms with Crippen molar-refractivity contribution < 1.29 is 4.79 Å². The van der Waals surface area contributed by atoms with E-state index in [0.29, 0.717) is 22.5 Å². The minimum atomic E-state index is -0.249. The third kappa shape index (κ3) is 2.72. The van der Waals surface area contributed by atoms with Gasteiger partial charge in [0.15, 0.2) is 0 Å². The number of carbonyl (C=O) groups excluding carboxylic acids is 1. The first-order valence-corrected chi connectivity index (χ1v) is 6.68. The molecule has 0 aliphatic carbocycles. The molecule has 0 spiro atoms. The third-order valence-electron chi connectivity index (χ3n) is 3.15. The van der Waals surface area contributed by atoms with Crippen LogP contribution in [0.5, 0.6) is 0 Å². The zero-order chi connectivity index (χ0) is 15.4. The first-order chi connectivity index (χ1) is 10.8. The van der Waals surface area contributed by atoms with Crippen molar-refractivity contribution in [2.24, 2.45) is 0 Å². The Morgan fingerprint density at radius 3 is 2.77 bits per heavy atom. The lowest BCUT2D eigenvalue weighted by Gasteiger charge is -2.10. The molecule has 5 heteroatoms. The van der Waals surface area contributed by atoms with Crippen LogP contribution in [0.1, 0.15) is 15.9 Å². The van der Waals surface area contributed by atoms with Gasteiger partial charge in [0.05, 0.1) is 22.9 Å². The summed E-state index contributed by atoms with van der Waals surface area (Å²) in [5.41, 5.74) is 2.28. The molecule has 1 aromatic heterocycles. The van der Waals surface area contributed by atoms with E-state index in [9.17, 15) is 4.79 Å². The number of anilines is 1. The van der Waals surface area contributed by atoms with Crippen LogP contribution in [0.25, 0.3) is 5.69 Å². The Morgan fingerprint density at radius 2 is 2.00 bits per heavy atom. The van der Waals surface area contributed by atoms with Gasteiger partial charge in [0.25, 0.3) is 5.91 Å². The number of benzene rings is 2. The molecule has 1 amide bonds. The van der Waals surface area contributed by atoms with Crippen LogP contribution >= 0.6 is 0 Å². The number of para-hydroxylation sites is 1. The van der Waals surface area contributed by atoms with E-state index < -0.39 is 0 Å². The summed E-state index contributed by atoms with van der Waals surface area (Å²) in [5.74, 6) is -0.249. The molecule has 0 atom stereocenters. The number of hydrogen-bond acceptors (Lipinski definition) is 3. The van der Waals surface area contributed by atoms with E-state index in [2.05, 4.69) is 10.4 Å². The maximum atomic E-state index is 12.5. The Labute approximate surface area is 127 Å². The number of nitriles is 1. The highest BCUT2D eigenvalue weighted by molar-refractivity contribution is 6.06. The number of carbonyl (C=O) groups is 1. The van der Waals surface area contributed by atoms with E-state index in [1.807, 2.05) is 18.2 Å². The number of hydrogen-bond donors (Lipinski definition) is 1. The molecule has 1 N–H and O–H groups in total. The van der Waals surface area contributed by atoms with Crippen LogP contribution in [-0.4, -0.2) is 15.7 Å². The zero-order valence-corrected chi connectivity index (χ0v) is 11.6. The molecule has 106 valence electrons. The van der Waals surface area contributed by atoms with E-state index in [-0.39, 0.29) is 5.91 Å². The third-order valence-corrected chi connectivity index (χ3v) is 3.15. The Hall–Kier alpha value is -3.39. The van der Waals surface area contributed by atoms with Gasteiger partial charge in [-0.05, 0) is 36.4 Å². The Kier molecular flexibility index (Phi) is 3.67. The molecular weight excluding hydrogens is 276 g/mol. The van der Waals surface area contributed by atoms with Gasteiger partial charge in [0.2, 0.25) is 0 Å². The van der Waals surface area contributed by atoms with Gasteiger partial charge >= 0.3 is 0 Å². The van der Waals surface area contributed by atoms with Crippen molar-refractivity contribution in [2.75, 3.05) is 5.32 Å². The van der Waals surface area contributed by atoms with Crippen molar-refractivity contribution in [3.8, 4) is 11.8 Å². The maximum absolute atomic E-state index is 12.5. The van der Waals surface area contributed by atoms with Crippen molar-refractivity contribution in [2.45, 2.75) is 0 Å². The first-order valence-electron chi connectivity index (χ1n) is 6.68. The van der Waals surface area contributed by atoms with Crippen molar-refractivity contribution in [3.63, 3.8) is 0 Å². The van der Waals surface area contributed by atoms with Crippen molar-refractivity contribution in [1.82, 2.24) is 9.78 Å². The summed E-state index contributed by atoms with van der Waals surface area (Å²) < 4.78 is 1.64. The van der Waals surface area contributed by atoms with Crippen molar-refractivity contribution >= 4 is 11.6 Å². The second-order valence-electron chi connectivity index (χ2n) is 4.61. The predicted molar refractivity (Wildman–Crippen MR) is 82.7 cm³/mol. The number of nitrogens with one attached hydrogen (secondary N) is 1. The molecule has 0 aliphatic rings. The first kappa shape index (κ1) is 13.6. The fraction of sp³-hybridized carbons (Fsp3) is 0. The Balaban J connectivity index is 1.91. The van der Waals surface area contributed by atoms with Gasteiger partial charge in [-0.3, -0.25) is 4.79 Å². The number of rotatable bonds is 3. The zero-order valence-electron chi connectivity index (χ0n) is 11.6. The van der Waals surface area contributed by atoms with Crippen molar-refractivity contribution in [3.05, 3.63) is 78.1 Å². The van der Waals surface area contributed by atoms with Gasteiger partial charge in [-0.15, -0.1) is 0 Å². The van der Waals surface area contributed by atoms with Crippen molar-refractivity contribution in [1.29, 1.82) is 5.26 Å². The highest BCUT2D eigenvalue weighted by Crippen LogP contribution is 2.16. The van der Waals surface area contributed by atoms with Crippen LogP contribution in [0.4, 0.5) is 5.69 Å². The molecule has 0 saturated carbocycles. The smallest absolute Gasteiger partial charge is 0.257 e. The van der Waals surface area contributed by atoms with Gasteiger partial charge < -0.3 is 5.32 Å². The average Bonchev–Trinajstić information content (AvgIpc) is 3.09. The standard InChI is InChI=1S/C17H12N4O/c18-12-13-5-3-6-14(11-13)20-17(22)15-7-1-2-8-16(15)21-10-4-9-19-21/h1-11H,(H,20,22). The largest absolute Gasteiger partial charge is 0.322 e. The number of aromatic nitrogens is 2. The Morgan fingerprint density at radius 1 is 1.14 bits per heavy atom. The van der Waals surface area contributed by atoms with Gasteiger partial charge in [0.1, 0.15) is 0 Å². The summed E-state index contributed by atoms with van der Waals surface area (Å²) in [6.07, 6.45) is 3.44. The molecule has 0 fully saturated rings. The second-order valence-corrected chi connectivity index (χ2v) is 4.61. The summed E-state index contributed by atoms with van der Waals surface area (Å²) >= 11 is 0. The average molecular weight is 288 g/mol. The van der Waals surface area contributed by atoms with E-state index in [0.717, 1.165) is 0 Å². The molecule has 0 saturated heterocycles. The van der Waals surface area contributed by atoms with Gasteiger partial charge in [-0.2, -0.15) is 10.4 Å². The molecule has 5 nitrogen and oxygen atoms in total. The quantitative estimate of drug-likeness (QED) is 0.805. The van der Waals surface area contributed by atoms with Crippen LogP contribution in [0.15, 0.2) is 67.0 Å². The van der Waals surface area contributed by atoms with Crippen LogP contribution in [0.2, 0.25) is 0 Å². The molecule has 0 aliphatic heterocycles. The van der Waals surface area contributed by atoms with Gasteiger partial charge in [-0.25, -0.2) is 4.68 Å². The molecule has 0 bridgehead atoms. The number of amides is 1. The minimum absolute atomic E-state index is 0.249. The molecule has 0 radical (unpaired) electrons. The van der Waals surface area contributed by atoms with Crippen LogP contribution in [-0.2, 0) is 0 Å². The fourth-order valence-corrected chi connectivity index (χ4v) is 2.14. The van der Waals surface area contributed by atoms with Gasteiger partial charge in [0, 0.05) is 18.1 Å². The van der Waals surface area contributed by atoms with Crippen LogP contribution in [0, 0.1) is 11.3 Å². The SMILES string of the molecule is N#Cc1cccc(NC(=O)c2ccccc2-n2cccn2)c1. The lowest BCUT2D eigenvalue weighted by atomic mass is 10.1. The molecule has 3 rings (SSSR count). The Bertz CT molecular complexity index is 847. The normalized spacial score (nSPS) is 9.95. The maximum Gasteiger partial charge on any atom is 0.257 e. The van der Waals surface area contributed by atoms with Crippen LogP contribution < -0.4 is 5.32 Å². The highest BCUT2D eigenvalue weighted by Gasteiger charge is 2.12. The second kappa shape index (κ2) is 5.94. The number of nitrogens with zero attached hydrogens (tertiary/aromatic N) is 3. The molecule has 3 aromatic rings. The lowest BCUT2D eigenvalue weighted by molar-refractivity contribution is 0.102. The van der Waals surface area contributed by atoms with E-state index in [4.69, 9.17) is 5.26 Å². The topological polar surface area (TPSA) is 70.7 Å². The summed E-state index contributed by atoms with van der Waals surface area (Å²) in [7, 11) is 0. The fourth-order valence-electron chi connectivity index (χ4n) is 2.14. The lowest BCUT2D eigenvalue weighted by Crippen LogP contribution is -2.15. The molecule has 0 unspecified atom stereocenters. The monoisotopic (exact) mass is 288 g/mol. The molecule has 2 aromatic carbocycles. The van der Waals surface area contributed by atoms with E-state index >= 15 is 0 Å². The van der Waals surface area contributed by atoms with E-state index in [1.165, 1.54) is 0 Å². The summed E-state index contributed by atoms with van der Waals surface area (Å²) in [6.45, 7) is 0. The van der Waals surface area contributed by atoms with E-state index in [1.54, 1.807) is 59.5 Å². The summed E-state index contributed by atoms with van der Waals surface area (Å²) in [5, 5.41) is 15.9. The molecular formula is C17H12N4O. The summed E-state index contributed by atoms with van der Waals surface area (Å²) in [6, 6.07) is 17.9. The predicted octanol–water partition coefficient (Wildman–Crippen LogP) is 3.00. The van der Waals surface area contributed by atoms with Crippen LogP contribution in [0.3, 0.4) is 0 Å². The highest BCUT2D eigenvalue weighted by atomic mass is 16.1. The minimum Gasteiger partial charge on any atom is -0.322 e.